The van der Waals surface area contributed by atoms with E-state index in [9.17, 15) is 9.90 Å². The summed E-state index contributed by atoms with van der Waals surface area (Å²) in [7, 11) is 0. The molecule has 2 N–H and O–H groups in total. The van der Waals surface area contributed by atoms with Crippen LogP contribution in [0.25, 0.3) is 5.65 Å². The Bertz CT molecular complexity index is 621. The number of carbonyl (C=O) groups is 1. The molecule has 1 atom stereocenters. The molecule has 0 aliphatic heterocycles. The van der Waals surface area contributed by atoms with Crippen molar-refractivity contribution in [1.82, 2.24) is 19.9 Å². The fraction of sp³-hybridized carbons (Fsp3) is 0.500. The number of hydrogen-bond acceptors (Lipinski definition) is 4. The lowest BCUT2D eigenvalue weighted by Crippen LogP contribution is -2.28. The van der Waals surface area contributed by atoms with Crippen molar-refractivity contribution in [3.63, 3.8) is 0 Å². The fourth-order valence-electron chi connectivity index (χ4n) is 2.04. The minimum atomic E-state index is -0.370. The molecule has 6 heteroatoms. The molecule has 1 amide bonds. The van der Waals surface area contributed by atoms with Crippen LogP contribution in [0.3, 0.4) is 0 Å². The van der Waals surface area contributed by atoms with Gasteiger partial charge in [0.1, 0.15) is 0 Å². The zero-order valence-electron chi connectivity index (χ0n) is 12.1. The van der Waals surface area contributed by atoms with Gasteiger partial charge in [-0.2, -0.15) is 5.10 Å². The molecule has 0 fully saturated rings. The highest BCUT2D eigenvalue weighted by Crippen LogP contribution is 2.10. The molecule has 6 nitrogen and oxygen atoms in total. The molecule has 2 heterocycles. The molecule has 2 aromatic rings. The number of carbonyl (C=O) groups excluding carboxylic acids is 1. The number of aromatic nitrogens is 3. The topological polar surface area (TPSA) is 79.5 Å². The number of aliphatic hydroxyl groups is 1. The van der Waals surface area contributed by atoms with Gasteiger partial charge in [-0.3, -0.25) is 4.79 Å². The molecule has 0 bridgehead atoms. The van der Waals surface area contributed by atoms with E-state index in [1.54, 1.807) is 10.7 Å². The lowest BCUT2D eigenvalue weighted by atomic mass is 10.2. The molecular formula is C14H20N4O2. The lowest BCUT2D eigenvalue weighted by Gasteiger charge is -2.10. The molecule has 0 radical (unpaired) electrons. The number of nitrogens with zero attached hydrogens (tertiary/aromatic N) is 3. The van der Waals surface area contributed by atoms with Crippen molar-refractivity contribution in [2.75, 3.05) is 6.54 Å². The summed E-state index contributed by atoms with van der Waals surface area (Å²) in [6.45, 7) is 6.09. The number of amides is 1. The summed E-state index contributed by atoms with van der Waals surface area (Å²) in [6.07, 6.45) is 2.44. The van der Waals surface area contributed by atoms with Crippen LogP contribution in [0, 0.1) is 13.8 Å². The summed E-state index contributed by atoms with van der Waals surface area (Å²) in [4.78, 5) is 16.3. The van der Waals surface area contributed by atoms with Crippen LogP contribution in [0.5, 0.6) is 0 Å². The highest BCUT2D eigenvalue weighted by atomic mass is 16.3. The van der Waals surface area contributed by atoms with Gasteiger partial charge in [-0.05, 0) is 26.7 Å². The summed E-state index contributed by atoms with van der Waals surface area (Å²) >= 11 is 0. The maximum atomic E-state index is 12.1. The van der Waals surface area contributed by atoms with Crippen LogP contribution in [0.15, 0.2) is 12.3 Å². The molecule has 108 valence electrons. The third-order valence-electron chi connectivity index (χ3n) is 3.33. The number of aryl methyl sites for hydroxylation is 2. The number of rotatable bonds is 5. The Balaban J connectivity index is 2.12. The smallest absolute Gasteiger partial charge is 0.254 e. The predicted octanol–water partition coefficient (Wildman–Crippen LogP) is 1.24. The summed E-state index contributed by atoms with van der Waals surface area (Å²) < 4.78 is 1.67. The van der Waals surface area contributed by atoms with E-state index in [0.29, 0.717) is 24.9 Å². The monoisotopic (exact) mass is 276 g/mol. The SMILES string of the molecule is CCC(O)CCNC(=O)c1cnc2cc(C)nn2c1C. The van der Waals surface area contributed by atoms with Gasteiger partial charge in [0.2, 0.25) is 0 Å². The van der Waals surface area contributed by atoms with Gasteiger partial charge in [0, 0.05) is 18.8 Å². The van der Waals surface area contributed by atoms with Crippen molar-refractivity contribution in [2.45, 2.75) is 39.7 Å². The molecule has 20 heavy (non-hydrogen) atoms. The van der Waals surface area contributed by atoms with Gasteiger partial charge >= 0.3 is 0 Å². The van der Waals surface area contributed by atoms with E-state index in [4.69, 9.17) is 0 Å². The van der Waals surface area contributed by atoms with Crippen molar-refractivity contribution < 1.29 is 9.90 Å². The molecule has 0 aliphatic rings. The van der Waals surface area contributed by atoms with Crippen LogP contribution in [0.2, 0.25) is 0 Å². The summed E-state index contributed by atoms with van der Waals surface area (Å²) in [6, 6.07) is 1.87. The Labute approximate surface area is 117 Å². The molecule has 2 rings (SSSR count). The number of fused-ring (bicyclic) bond motifs is 1. The second kappa shape index (κ2) is 6.00. The quantitative estimate of drug-likeness (QED) is 0.861. The summed E-state index contributed by atoms with van der Waals surface area (Å²) in [5, 5.41) is 16.6. The fourth-order valence-corrected chi connectivity index (χ4v) is 2.04. The normalized spacial score (nSPS) is 12.6. The van der Waals surface area contributed by atoms with Gasteiger partial charge in [-0.25, -0.2) is 9.50 Å². The number of aliphatic hydroxyl groups excluding tert-OH is 1. The minimum Gasteiger partial charge on any atom is -0.393 e. The molecule has 0 spiro atoms. The van der Waals surface area contributed by atoms with Crippen LogP contribution >= 0.6 is 0 Å². The molecule has 0 aromatic carbocycles. The van der Waals surface area contributed by atoms with Crippen molar-refractivity contribution in [1.29, 1.82) is 0 Å². The summed E-state index contributed by atoms with van der Waals surface area (Å²) in [5.41, 5.74) is 2.87. The Kier molecular flexibility index (Phi) is 4.34. The van der Waals surface area contributed by atoms with E-state index >= 15 is 0 Å². The zero-order chi connectivity index (χ0) is 14.7. The Hall–Kier alpha value is -1.95. The van der Waals surface area contributed by atoms with Gasteiger partial charge in [0.05, 0.1) is 23.1 Å². The van der Waals surface area contributed by atoms with E-state index in [1.165, 1.54) is 0 Å². The first-order valence-electron chi connectivity index (χ1n) is 6.81. The van der Waals surface area contributed by atoms with Crippen molar-refractivity contribution in [3.05, 3.63) is 29.2 Å². The van der Waals surface area contributed by atoms with Gasteiger partial charge in [-0.15, -0.1) is 0 Å². The molecule has 2 aromatic heterocycles. The average Bonchev–Trinajstić information content (AvgIpc) is 2.80. The standard InChI is InChI=1S/C14H20N4O2/c1-4-11(19)5-6-15-14(20)12-8-16-13-7-9(2)17-18(13)10(12)3/h7-8,11,19H,4-6H2,1-3H3,(H,15,20). The molecule has 0 saturated heterocycles. The summed E-state index contributed by atoms with van der Waals surface area (Å²) in [5.74, 6) is -0.187. The van der Waals surface area contributed by atoms with E-state index in [1.807, 2.05) is 26.8 Å². The van der Waals surface area contributed by atoms with Gasteiger partial charge in [0.15, 0.2) is 5.65 Å². The first-order chi connectivity index (χ1) is 9.52. The van der Waals surface area contributed by atoms with Crippen LogP contribution in [-0.4, -0.2) is 38.3 Å². The van der Waals surface area contributed by atoms with Crippen molar-refractivity contribution in [2.24, 2.45) is 0 Å². The van der Waals surface area contributed by atoms with E-state index in [2.05, 4.69) is 15.4 Å². The zero-order valence-corrected chi connectivity index (χ0v) is 12.1. The number of hydrogen-bond donors (Lipinski definition) is 2. The second-order valence-corrected chi connectivity index (χ2v) is 4.92. The van der Waals surface area contributed by atoms with E-state index in [0.717, 1.165) is 17.0 Å². The van der Waals surface area contributed by atoms with E-state index in [-0.39, 0.29) is 12.0 Å². The largest absolute Gasteiger partial charge is 0.393 e. The molecule has 0 aliphatic carbocycles. The lowest BCUT2D eigenvalue weighted by molar-refractivity contribution is 0.0940. The van der Waals surface area contributed by atoms with Gasteiger partial charge in [0.25, 0.3) is 5.91 Å². The van der Waals surface area contributed by atoms with Crippen LogP contribution in [0.4, 0.5) is 0 Å². The van der Waals surface area contributed by atoms with Crippen molar-refractivity contribution >= 4 is 11.6 Å². The molecular weight excluding hydrogens is 256 g/mol. The third kappa shape index (κ3) is 2.96. The average molecular weight is 276 g/mol. The number of nitrogens with one attached hydrogen (secondary N) is 1. The highest BCUT2D eigenvalue weighted by Gasteiger charge is 2.13. The van der Waals surface area contributed by atoms with Crippen molar-refractivity contribution in [3.8, 4) is 0 Å². The van der Waals surface area contributed by atoms with Gasteiger partial charge in [-0.1, -0.05) is 6.92 Å². The van der Waals surface area contributed by atoms with Gasteiger partial charge < -0.3 is 10.4 Å². The molecule has 1 unspecified atom stereocenters. The maximum absolute atomic E-state index is 12.1. The Morgan fingerprint density at radius 3 is 2.95 bits per heavy atom. The Morgan fingerprint density at radius 2 is 2.25 bits per heavy atom. The molecule has 0 saturated carbocycles. The maximum Gasteiger partial charge on any atom is 0.254 e. The van der Waals surface area contributed by atoms with Crippen LogP contribution in [-0.2, 0) is 0 Å². The first-order valence-corrected chi connectivity index (χ1v) is 6.81. The highest BCUT2D eigenvalue weighted by molar-refractivity contribution is 5.95. The second-order valence-electron chi connectivity index (χ2n) is 4.92. The predicted molar refractivity (Wildman–Crippen MR) is 75.7 cm³/mol. The first kappa shape index (κ1) is 14.5. The Morgan fingerprint density at radius 1 is 1.50 bits per heavy atom. The minimum absolute atomic E-state index is 0.187. The van der Waals surface area contributed by atoms with Crippen LogP contribution < -0.4 is 5.32 Å². The van der Waals surface area contributed by atoms with Crippen LogP contribution in [0.1, 0.15) is 41.5 Å². The third-order valence-corrected chi connectivity index (χ3v) is 3.33. The van der Waals surface area contributed by atoms with E-state index < -0.39 is 0 Å².